The quantitative estimate of drug-likeness (QED) is 0.902. The summed E-state index contributed by atoms with van der Waals surface area (Å²) < 4.78 is 13.3. The Hall–Kier alpha value is -1.38. The minimum atomic E-state index is -0.530. The molecule has 0 spiro atoms. The molecule has 0 saturated carbocycles. The van der Waals surface area contributed by atoms with E-state index in [2.05, 4.69) is 12.1 Å². The van der Waals surface area contributed by atoms with E-state index in [1.54, 1.807) is 6.07 Å². The summed E-state index contributed by atoms with van der Waals surface area (Å²) in [7, 11) is 0. The van der Waals surface area contributed by atoms with Crippen molar-refractivity contribution in [3.63, 3.8) is 0 Å². The Morgan fingerprint density at radius 1 is 1.25 bits per heavy atom. The summed E-state index contributed by atoms with van der Waals surface area (Å²) in [6.07, 6.45) is 1.79. The van der Waals surface area contributed by atoms with Crippen molar-refractivity contribution in [2.24, 2.45) is 0 Å². The summed E-state index contributed by atoms with van der Waals surface area (Å²) in [5.41, 5.74) is 3.19. The molecule has 1 N–H and O–H groups in total. The lowest BCUT2D eigenvalue weighted by atomic mass is 9.91. The molecule has 0 heterocycles. The SMILES string of the molecule is OC(Cc1cc(F)ccc1Cl)C1CCc2ccccc21. The molecule has 3 heteroatoms. The van der Waals surface area contributed by atoms with Gasteiger partial charge in [0.15, 0.2) is 0 Å². The number of halogens is 2. The van der Waals surface area contributed by atoms with Gasteiger partial charge in [-0.1, -0.05) is 35.9 Å². The fourth-order valence-corrected chi connectivity index (χ4v) is 3.25. The predicted octanol–water partition coefficient (Wildman–Crippen LogP) is 4.11. The van der Waals surface area contributed by atoms with Gasteiger partial charge in [0.25, 0.3) is 0 Å². The zero-order chi connectivity index (χ0) is 14.1. The Morgan fingerprint density at radius 2 is 2.05 bits per heavy atom. The van der Waals surface area contributed by atoms with Crippen LogP contribution in [0.25, 0.3) is 0 Å². The number of benzene rings is 2. The Morgan fingerprint density at radius 3 is 2.90 bits per heavy atom. The molecule has 1 nitrogen and oxygen atoms in total. The molecule has 2 aromatic rings. The molecule has 2 unspecified atom stereocenters. The van der Waals surface area contributed by atoms with Crippen LogP contribution in [0.15, 0.2) is 42.5 Å². The van der Waals surface area contributed by atoms with Gasteiger partial charge in [-0.15, -0.1) is 0 Å². The van der Waals surface area contributed by atoms with Gasteiger partial charge in [0.2, 0.25) is 0 Å². The van der Waals surface area contributed by atoms with Gasteiger partial charge in [0, 0.05) is 17.4 Å². The number of fused-ring (bicyclic) bond motifs is 1. The molecule has 0 saturated heterocycles. The second kappa shape index (κ2) is 5.55. The number of rotatable bonds is 3. The zero-order valence-electron chi connectivity index (χ0n) is 11.0. The van der Waals surface area contributed by atoms with Crippen molar-refractivity contribution in [3.8, 4) is 0 Å². The third-order valence-electron chi connectivity index (χ3n) is 4.08. The van der Waals surface area contributed by atoms with Crippen molar-refractivity contribution in [1.29, 1.82) is 0 Å². The average molecular weight is 291 g/mol. The van der Waals surface area contributed by atoms with Gasteiger partial charge in [-0.3, -0.25) is 0 Å². The predicted molar refractivity (Wildman–Crippen MR) is 78.6 cm³/mol. The summed E-state index contributed by atoms with van der Waals surface area (Å²) in [6, 6.07) is 12.5. The third-order valence-corrected chi connectivity index (χ3v) is 4.45. The summed E-state index contributed by atoms with van der Waals surface area (Å²) in [5, 5.41) is 11.0. The molecule has 0 radical (unpaired) electrons. The molecular weight excluding hydrogens is 275 g/mol. The van der Waals surface area contributed by atoms with Gasteiger partial charge >= 0.3 is 0 Å². The minimum Gasteiger partial charge on any atom is -0.392 e. The first kappa shape index (κ1) is 13.6. The number of hydrogen-bond acceptors (Lipinski definition) is 1. The Labute approximate surface area is 123 Å². The molecule has 2 aromatic carbocycles. The van der Waals surface area contributed by atoms with Crippen molar-refractivity contribution >= 4 is 11.6 Å². The fraction of sp³-hybridized carbons (Fsp3) is 0.294. The summed E-state index contributed by atoms with van der Waals surface area (Å²) in [5.74, 6) is -0.200. The molecule has 104 valence electrons. The molecule has 0 bridgehead atoms. The van der Waals surface area contributed by atoms with E-state index in [0.29, 0.717) is 17.0 Å². The van der Waals surface area contributed by atoms with Crippen LogP contribution < -0.4 is 0 Å². The topological polar surface area (TPSA) is 20.2 Å². The molecular formula is C17H16ClFO. The van der Waals surface area contributed by atoms with Gasteiger partial charge in [-0.2, -0.15) is 0 Å². The first-order valence-corrected chi connectivity index (χ1v) is 7.23. The van der Waals surface area contributed by atoms with Crippen molar-refractivity contribution in [3.05, 3.63) is 70.0 Å². The van der Waals surface area contributed by atoms with E-state index in [-0.39, 0.29) is 11.7 Å². The van der Waals surface area contributed by atoms with Crippen molar-refractivity contribution < 1.29 is 9.50 Å². The minimum absolute atomic E-state index is 0.116. The van der Waals surface area contributed by atoms with E-state index in [9.17, 15) is 9.50 Å². The normalized spacial score (nSPS) is 18.9. The standard InChI is InChI=1S/C17H16ClFO/c18-16-8-6-13(19)9-12(16)10-17(20)15-7-5-11-3-1-2-4-14(11)15/h1-4,6,8-9,15,17,20H,5,7,10H2. The van der Waals surface area contributed by atoms with Crippen molar-refractivity contribution in [2.75, 3.05) is 0 Å². The van der Waals surface area contributed by atoms with Gasteiger partial charge in [-0.25, -0.2) is 4.39 Å². The molecule has 0 fully saturated rings. The second-order valence-corrected chi connectivity index (χ2v) is 5.76. The van der Waals surface area contributed by atoms with Crippen LogP contribution in [0.2, 0.25) is 5.02 Å². The third kappa shape index (κ3) is 2.58. The first-order valence-electron chi connectivity index (χ1n) is 6.85. The molecule has 20 heavy (non-hydrogen) atoms. The lowest BCUT2D eigenvalue weighted by Crippen LogP contribution is -2.19. The summed E-state index contributed by atoms with van der Waals surface area (Å²) in [6.45, 7) is 0. The van der Waals surface area contributed by atoms with Crippen LogP contribution in [0.5, 0.6) is 0 Å². The van der Waals surface area contributed by atoms with E-state index < -0.39 is 6.10 Å². The average Bonchev–Trinajstić information content (AvgIpc) is 2.87. The van der Waals surface area contributed by atoms with Crippen LogP contribution >= 0.6 is 11.6 Å². The second-order valence-electron chi connectivity index (χ2n) is 5.35. The van der Waals surface area contributed by atoms with Gasteiger partial charge in [0.05, 0.1) is 6.10 Å². The van der Waals surface area contributed by atoms with E-state index in [4.69, 9.17) is 11.6 Å². The highest BCUT2D eigenvalue weighted by Gasteiger charge is 2.28. The highest BCUT2D eigenvalue weighted by atomic mass is 35.5. The van der Waals surface area contributed by atoms with Crippen LogP contribution in [0.4, 0.5) is 4.39 Å². The van der Waals surface area contributed by atoms with Gasteiger partial charge in [0.1, 0.15) is 5.82 Å². The summed E-state index contributed by atoms with van der Waals surface area (Å²) >= 11 is 6.07. The number of aryl methyl sites for hydroxylation is 1. The number of aliphatic hydroxyl groups excluding tert-OH is 1. The fourth-order valence-electron chi connectivity index (χ4n) is 3.06. The van der Waals surface area contributed by atoms with E-state index in [1.807, 2.05) is 12.1 Å². The zero-order valence-corrected chi connectivity index (χ0v) is 11.8. The molecule has 1 aliphatic carbocycles. The van der Waals surface area contributed by atoms with Crippen LogP contribution in [-0.4, -0.2) is 11.2 Å². The van der Waals surface area contributed by atoms with Crippen LogP contribution in [0.3, 0.4) is 0 Å². The first-order chi connectivity index (χ1) is 9.65. The molecule has 3 rings (SSSR count). The Balaban J connectivity index is 1.81. The molecule has 1 aliphatic rings. The molecule has 0 amide bonds. The highest BCUT2D eigenvalue weighted by molar-refractivity contribution is 6.31. The monoisotopic (exact) mass is 290 g/mol. The summed E-state index contributed by atoms with van der Waals surface area (Å²) in [4.78, 5) is 0. The Kier molecular flexibility index (Phi) is 3.77. The van der Waals surface area contributed by atoms with E-state index in [0.717, 1.165) is 12.8 Å². The van der Waals surface area contributed by atoms with E-state index in [1.165, 1.54) is 23.3 Å². The molecule has 0 aliphatic heterocycles. The highest BCUT2D eigenvalue weighted by Crippen LogP contribution is 2.36. The number of aliphatic hydroxyl groups is 1. The molecule has 0 aromatic heterocycles. The Bertz CT molecular complexity index is 626. The molecule has 2 atom stereocenters. The number of hydrogen-bond donors (Lipinski definition) is 1. The largest absolute Gasteiger partial charge is 0.392 e. The maximum atomic E-state index is 13.3. The van der Waals surface area contributed by atoms with Gasteiger partial charge < -0.3 is 5.11 Å². The lowest BCUT2D eigenvalue weighted by Gasteiger charge is -2.20. The smallest absolute Gasteiger partial charge is 0.123 e. The maximum absolute atomic E-state index is 13.3. The van der Waals surface area contributed by atoms with Crippen LogP contribution in [0.1, 0.15) is 29.0 Å². The van der Waals surface area contributed by atoms with E-state index >= 15 is 0 Å². The van der Waals surface area contributed by atoms with Crippen LogP contribution in [0, 0.1) is 5.82 Å². The van der Waals surface area contributed by atoms with Crippen molar-refractivity contribution in [2.45, 2.75) is 31.3 Å². The van der Waals surface area contributed by atoms with Crippen molar-refractivity contribution in [1.82, 2.24) is 0 Å². The van der Waals surface area contributed by atoms with Crippen LogP contribution in [-0.2, 0) is 12.8 Å². The lowest BCUT2D eigenvalue weighted by molar-refractivity contribution is 0.143. The van der Waals surface area contributed by atoms with Gasteiger partial charge in [-0.05, 0) is 47.7 Å². The maximum Gasteiger partial charge on any atom is 0.123 e.